The van der Waals surface area contributed by atoms with Crippen molar-refractivity contribution in [2.75, 3.05) is 20.3 Å². The second kappa shape index (κ2) is 10.6. The average molecular weight is 632 g/mol. The molecule has 0 saturated carbocycles. The van der Waals surface area contributed by atoms with Gasteiger partial charge in [-0.15, -0.1) is 0 Å². The molecule has 8 nitrogen and oxygen atoms in total. The molecule has 0 aliphatic heterocycles. The predicted octanol–water partition coefficient (Wildman–Crippen LogP) is 4.83. The van der Waals surface area contributed by atoms with Crippen molar-refractivity contribution in [1.82, 2.24) is 9.66 Å². The summed E-state index contributed by atoms with van der Waals surface area (Å²) in [5.74, 6) is 0.662. The van der Waals surface area contributed by atoms with Crippen LogP contribution in [-0.4, -0.2) is 42.2 Å². The minimum absolute atomic E-state index is 0.276. The molecular formula is C21H18Br3N3O5. The quantitative estimate of drug-likeness (QED) is 0.274. The highest BCUT2D eigenvalue weighted by atomic mass is 79.9. The lowest BCUT2D eigenvalue weighted by Gasteiger charge is -2.15. The Hall–Kier alpha value is -2.24. The highest BCUT2D eigenvalue weighted by molar-refractivity contribution is 9.13. The van der Waals surface area contributed by atoms with Crippen molar-refractivity contribution in [1.29, 1.82) is 0 Å². The summed E-state index contributed by atoms with van der Waals surface area (Å²) in [6.07, 6.45) is 1.52. The number of hydrogen-bond donors (Lipinski definition) is 0. The van der Waals surface area contributed by atoms with Crippen LogP contribution < -0.4 is 15.0 Å². The Morgan fingerprint density at radius 1 is 1.19 bits per heavy atom. The maximum absolute atomic E-state index is 13.0. The number of ether oxygens (including phenoxy) is 3. The first-order valence-corrected chi connectivity index (χ1v) is 11.7. The zero-order chi connectivity index (χ0) is 23.4. The molecule has 32 heavy (non-hydrogen) atoms. The van der Waals surface area contributed by atoms with Crippen molar-refractivity contribution in [3.8, 4) is 11.5 Å². The summed E-state index contributed by atoms with van der Waals surface area (Å²) in [5, 5.41) is 4.80. The van der Waals surface area contributed by atoms with Crippen LogP contribution in [0.2, 0.25) is 0 Å². The van der Waals surface area contributed by atoms with Gasteiger partial charge in [0.1, 0.15) is 5.82 Å². The molecule has 0 fully saturated rings. The van der Waals surface area contributed by atoms with E-state index < -0.39 is 5.97 Å². The molecule has 1 heterocycles. The lowest BCUT2D eigenvalue weighted by molar-refractivity contribution is -0.142. The number of aromatic nitrogens is 2. The largest absolute Gasteiger partial charge is 0.490 e. The molecule has 0 amide bonds. The molecule has 0 radical (unpaired) electrons. The van der Waals surface area contributed by atoms with Crippen LogP contribution in [0.5, 0.6) is 11.5 Å². The number of benzene rings is 2. The highest BCUT2D eigenvalue weighted by Gasteiger charge is 2.18. The summed E-state index contributed by atoms with van der Waals surface area (Å²) in [5.41, 5.74) is 0.923. The Morgan fingerprint density at radius 3 is 2.62 bits per heavy atom. The molecule has 0 bridgehead atoms. The Labute approximate surface area is 209 Å². The van der Waals surface area contributed by atoms with Crippen molar-refractivity contribution in [2.24, 2.45) is 5.10 Å². The molecule has 3 rings (SSSR count). The second-order valence-electron chi connectivity index (χ2n) is 6.40. The standard InChI is InChI=1S/C21H18Br3N3O5/c1-4-31-16-7-12(18(23)19(24)20(16)32-10-17(28)30-3)9-25-27-11(2)26-15-6-5-13(22)8-14(15)21(27)29/h5-9H,4,10H2,1-3H3. The summed E-state index contributed by atoms with van der Waals surface area (Å²) >= 11 is 10.3. The van der Waals surface area contributed by atoms with Crippen LogP contribution in [0.4, 0.5) is 0 Å². The Balaban J connectivity index is 2.05. The fraction of sp³-hybridized carbons (Fsp3) is 0.238. The van der Waals surface area contributed by atoms with E-state index >= 15 is 0 Å². The van der Waals surface area contributed by atoms with E-state index in [0.717, 1.165) is 4.47 Å². The molecule has 1 aromatic heterocycles. The minimum atomic E-state index is -0.522. The van der Waals surface area contributed by atoms with E-state index in [4.69, 9.17) is 9.47 Å². The van der Waals surface area contributed by atoms with Crippen molar-refractivity contribution >= 4 is 70.9 Å². The monoisotopic (exact) mass is 629 g/mol. The molecule has 3 aromatic rings. The number of aryl methyl sites for hydroxylation is 1. The SMILES string of the molecule is CCOc1cc(C=Nn2c(C)nc3ccc(Br)cc3c2=O)c(Br)c(Br)c1OCC(=O)OC. The van der Waals surface area contributed by atoms with Gasteiger partial charge in [-0.3, -0.25) is 4.79 Å². The first-order valence-electron chi connectivity index (χ1n) is 9.34. The molecule has 0 atom stereocenters. The Bertz CT molecular complexity index is 1270. The first kappa shape index (κ1) is 24.4. The maximum Gasteiger partial charge on any atom is 0.343 e. The third kappa shape index (κ3) is 5.21. The lowest BCUT2D eigenvalue weighted by atomic mass is 10.2. The van der Waals surface area contributed by atoms with Crippen molar-refractivity contribution in [2.45, 2.75) is 13.8 Å². The van der Waals surface area contributed by atoms with Crippen LogP contribution in [-0.2, 0) is 9.53 Å². The van der Waals surface area contributed by atoms with Crippen LogP contribution in [0.25, 0.3) is 10.9 Å². The van der Waals surface area contributed by atoms with Gasteiger partial charge in [0.25, 0.3) is 5.56 Å². The predicted molar refractivity (Wildman–Crippen MR) is 132 cm³/mol. The third-order valence-corrected chi connectivity index (χ3v) is 6.94. The van der Waals surface area contributed by atoms with Gasteiger partial charge in [-0.2, -0.15) is 9.78 Å². The normalized spacial score (nSPS) is 11.2. The summed E-state index contributed by atoms with van der Waals surface area (Å²) < 4.78 is 19.0. The summed E-state index contributed by atoms with van der Waals surface area (Å²) in [6, 6.07) is 7.01. The van der Waals surface area contributed by atoms with Crippen molar-refractivity contribution in [3.05, 3.63) is 59.4 Å². The number of carbonyl (C=O) groups is 1. The van der Waals surface area contributed by atoms with Gasteiger partial charge in [0.2, 0.25) is 0 Å². The van der Waals surface area contributed by atoms with E-state index in [9.17, 15) is 9.59 Å². The van der Waals surface area contributed by atoms with E-state index in [0.29, 0.717) is 49.3 Å². The highest BCUT2D eigenvalue weighted by Crippen LogP contribution is 2.42. The third-order valence-electron chi connectivity index (χ3n) is 4.30. The maximum atomic E-state index is 13.0. The van der Waals surface area contributed by atoms with E-state index in [1.807, 2.05) is 13.0 Å². The van der Waals surface area contributed by atoms with Crippen LogP contribution in [0.3, 0.4) is 0 Å². The van der Waals surface area contributed by atoms with Crippen LogP contribution in [0, 0.1) is 6.92 Å². The van der Waals surface area contributed by atoms with Gasteiger partial charge in [-0.25, -0.2) is 9.78 Å². The van der Waals surface area contributed by atoms with Gasteiger partial charge in [-0.1, -0.05) is 15.9 Å². The van der Waals surface area contributed by atoms with Gasteiger partial charge in [0, 0.05) is 14.5 Å². The first-order chi connectivity index (χ1) is 15.3. The molecule has 2 aromatic carbocycles. The molecule has 0 spiro atoms. The van der Waals surface area contributed by atoms with E-state index in [1.165, 1.54) is 18.0 Å². The molecule has 0 unspecified atom stereocenters. The number of methoxy groups -OCH3 is 1. The topological polar surface area (TPSA) is 92.0 Å². The summed E-state index contributed by atoms with van der Waals surface area (Å²) in [6.45, 7) is 3.64. The number of halogens is 3. The number of fused-ring (bicyclic) bond motifs is 1. The van der Waals surface area contributed by atoms with Gasteiger partial charge in [0.05, 0.1) is 35.3 Å². The van der Waals surface area contributed by atoms with Crippen LogP contribution in [0.15, 0.2) is 47.6 Å². The molecule has 11 heteroatoms. The number of carbonyl (C=O) groups excluding carboxylic acids is 1. The lowest BCUT2D eigenvalue weighted by Crippen LogP contribution is -2.20. The van der Waals surface area contributed by atoms with E-state index in [1.54, 1.807) is 25.1 Å². The zero-order valence-electron chi connectivity index (χ0n) is 17.3. The Kier molecular flexibility index (Phi) is 8.07. The fourth-order valence-electron chi connectivity index (χ4n) is 2.80. The minimum Gasteiger partial charge on any atom is -0.490 e. The number of nitrogens with zero attached hydrogens (tertiary/aromatic N) is 3. The van der Waals surface area contributed by atoms with Crippen LogP contribution >= 0.6 is 47.8 Å². The Morgan fingerprint density at radius 2 is 1.94 bits per heavy atom. The van der Waals surface area contributed by atoms with Crippen molar-refractivity contribution < 1.29 is 19.0 Å². The fourth-order valence-corrected chi connectivity index (χ4v) is 4.10. The molecule has 0 N–H and O–H groups in total. The number of hydrogen-bond acceptors (Lipinski definition) is 7. The average Bonchev–Trinajstić information content (AvgIpc) is 2.77. The number of esters is 1. The van der Waals surface area contributed by atoms with Gasteiger partial charge in [-0.05, 0) is 70.0 Å². The summed E-state index contributed by atoms with van der Waals surface area (Å²) in [7, 11) is 1.28. The zero-order valence-corrected chi connectivity index (χ0v) is 22.1. The summed E-state index contributed by atoms with van der Waals surface area (Å²) in [4.78, 5) is 28.9. The molecule has 0 aliphatic carbocycles. The van der Waals surface area contributed by atoms with Crippen molar-refractivity contribution in [3.63, 3.8) is 0 Å². The van der Waals surface area contributed by atoms with Gasteiger partial charge >= 0.3 is 5.97 Å². The molecule has 0 saturated heterocycles. The van der Waals surface area contributed by atoms with E-state index in [-0.39, 0.29) is 12.2 Å². The molecular weight excluding hydrogens is 614 g/mol. The number of rotatable bonds is 7. The second-order valence-corrected chi connectivity index (χ2v) is 8.90. The smallest absolute Gasteiger partial charge is 0.343 e. The molecule has 0 aliphatic rings. The van der Waals surface area contributed by atoms with Gasteiger partial charge < -0.3 is 14.2 Å². The molecule has 168 valence electrons. The van der Waals surface area contributed by atoms with Gasteiger partial charge in [0.15, 0.2) is 18.1 Å². The van der Waals surface area contributed by atoms with E-state index in [2.05, 4.69) is 62.6 Å². The van der Waals surface area contributed by atoms with Crippen LogP contribution in [0.1, 0.15) is 18.3 Å².